The molecule has 2 aromatic rings. The molecule has 2 heterocycles. The molecule has 0 saturated carbocycles. The van der Waals surface area contributed by atoms with E-state index >= 15 is 0 Å². The fourth-order valence-electron chi connectivity index (χ4n) is 3.48. The monoisotopic (exact) mass is 414 g/mol. The fraction of sp³-hybridized carbons (Fsp3) is 0.429. The van der Waals surface area contributed by atoms with Gasteiger partial charge in [-0.05, 0) is 44.7 Å². The highest BCUT2D eigenvalue weighted by atomic mass is 32.1. The molecule has 3 rings (SSSR count). The summed E-state index contributed by atoms with van der Waals surface area (Å²) in [6, 6.07) is 6.99. The number of benzene rings is 1. The molecule has 29 heavy (non-hydrogen) atoms. The molecule has 1 saturated heterocycles. The first-order valence-electron chi connectivity index (χ1n) is 9.86. The van der Waals surface area contributed by atoms with Gasteiger partial charge in [-0.2, -0.15) is 0 Å². The number of para-hydroxylation sites is 1. The highest BCUT2D eigenvalue weighted by Crippen LogP contribution is 2.25. The minimum absolute atomic E-state index is 0.156. The Morgan fingerprint density at radius 2 is 1.93 bits per heavy atom. The van der Waals surface area contributed by atoms with Crippen LogP contribution in [-0.4, -0.2) is 40.7 Å². The number of anilines is 1. The largest absolute Gasteiger partial charge is 0.369 e. The number of piperidine rings is 1. The van der Waals surface area contributed by atoms with Crippen molar-refractivity contribution >= 4 is 34.7 Å². The van der Waals surface area contributed by atoms with Crippen LogP contribution in [0.25, 0.3) is 0 Å². The predicted octanol–water partition coefficient (Wildman–Crippen LogP) is 2.99. The number of carbonyl (C=O) groups excluding carboxylic acids is 3. The molecule has 0 unspecified atom stereocenters. The number of nitrogens with one attached hydrogen (secondary N) is 1. The summed E-state index contributed by atoms with van der Waals surface area (Å²) in [5.41, 5.74) is 6.99. The number of primary amides is 1. The highest BCUT2D eigenvalue weighted by Gasteiger charge is 2.28. The van der Waals surface area contributed by atoms with E-state index in [0.717, 1.165) is 17.8 Å². The molecule has 1 aromatic heterocycles. The quantitative estimate of drug-likeness (QED) is 0.758. The van der Waals surface area contributed by atoms with E-state index in [1.807, 2.05) is 6.92 Å². The molecule has 0 spiro atoms. The van der Waals surface area contributed by atoms with Gasteiger partial charge in [0.1, 0.15) is 4.88 Å². The summed E-state index contributed by atoms with van der Waals surface area (Å²) in [5, 5.41) is 3.82. The third kappa shape index (κ3) is 4.82. The lowest BCUT2D eigenvalue weighted by Gasteiger charge is -2.31. The van der Waals surface area contributed by atoms with Crippen molar-refractivity contribution in [2.75, 3.05) is 18.4 Å². The molecule has 1 aliphatic heterocycles. The van der Waals surface area contributed by atoms with E-state index < -0.39 is 0 Å². The number of likely N-dealkylation sites (tertiary alicyclic amines) is 1. The third-order valence-corrected chi connectivity index (χ3v) is 6.32. The van der Waals surface area contributed by atoms with Crippen molar-refractivity contribution in [1.82, 2.24) is 9.88 Å². The normalized spacial score (nSPS) is 14.6. The number of aryl methyl sites for hydroxylation is 2. The van der Waals surface area contributed by atoms with Crippen LogP contribution in [0.15, 0.2) is 24.3 Å². The molecule has 1 fully saturated rings. The van der Waals surface area contributed by atoms with Gasteiger partial charge in [0, 0.05) is 19.0 Å². The van der Waals surface area contributed by atoms with Crippen molar-refractivity contribution in [3.63, 3.8) is 0 Å². The summed E-state index contributed by atoms with van der Waals surface area (Å²) in [6.07, 6.45) is 2.94. The molecular weight excluding hydrogens is 388 g/mol. The Morgan fingerprint density at radius 3 is 2.59 bits per heavy atom. The summed E-state index contributed by atoms with van der Waals surface area (Å²) in [5.74, 6) is -0.903. The minimum Gasteiger partial charge on any atom is -0.369 e. The van der Waals surface area contributed by atoms with Gasteiger partial charge in [0.25, 0.3) is 11.8 Å². The second-order valence-corrected chi connectivity index (χ2v) is 8.32. The van der Waals surface area contributed by atoms with Gasteiger partial charge in [-0.3, -0.25) is 14.4 Å². The van der Waals surface area contributed by atoms with E-state index in [0.29, 0.717) is 47.8 Å². The van der Waals surface area contributed by atoms with Crippen LogP contribution in [0.1, 0.15) is 56.9 Å². The number of rotatable bonds is 6. The van der Waals surface area contributed by atoms with Gasteiger partial charge in [-0.15, -0.1) is 11.3 Å². The molecule has 1 aliphatic rings. The van der Waals surface area contributed by atoms with Gasteiger partial charge in [0.15, 0.2) is 0 Å². The molecule has 0 aliphatic carbocycles. The summed E-state index contributed by atoms with van der Waals surface area (Å²) in [7, 11) is 0. The smallest absolute Gasteiger partial charge is 0.267 e. The summed E-state index contributed by atoms with van der Waals surface area (Å²) in [6.45, 7) is 4.85. The molecule has 154 valence electrons. The van der Waals surface area contributed by atoms with E-state index in [1.165, 1.54) is 11.3 Å². The van der Waals surface area contributed by atoms with Crippen LogP contribution >= 0.6 is 11.3 Å². The lowest BCUT2D eigenvalue weighted by atomic mass is 9.95. The van der Waals surface area contributed by atoms with Crippen LogP contribution in [0.5, 0.6) is 0 Å². The number of hydrogen-bond acceptors (Lipinski definition) is 5. The molecule has 0 bridgehead atoms. The Labute approximate surface area is 174 Å². The zero-order valence-electron chi connectivity index (χ0n) is 16.7. The number of amides is 3. The van der Waals surface area contributed by atoms with Gasteiger partial charge in [0.05, 0.1) is 22.0 Å². The molecule has 0 atom stereocenters. The van der Waals surface area contributed by atoms with Crippen LogP contribution in [0.3, 0.4) is 0 Å². The molecule has 1 aromatic carbocycles. The lowest BCUT2D eigenvalue weighted by molar-refractivity contribution is -0.123. The van der Waals surface area contributed by atoms with Gasteiger partial charge < -0.3 is 16.0 Å². The number of hydrogen-bond donors (Lipinski definition) is 2. The first-order valence-corrected chi connectivity index (χ1v) is 10.7. The van der Waals surface area contributed by atoms with E-state index in [-0.39, 0.29) is 23.6 Å². The van der Waals surface area contributed by atoms with Crippen molar-refractivity contribution in [3.8, 4) is 0 Å². The standard InChI is InChI=1S/C21H26N4O3S/c1-3-6-17-23-13(2)18(29-17)20(27)24-16-8-5-4-7-15(16)21(28)25-11-9-14(10-12-25)19(22)26/h4-5,7-8,14H,3,6,9-12H2,1-2H3,(H2,22,26)(H,24,27). The lowest BCUT2D eigenvalue weighted by Crippen LogP contribution is -2.42. The van der Waals surface area contributed by atoms with Crippen LogP contribution < -0.4 is 11.1 Å². The summed E-state index contributed by atoms with van der Waals surface area (Å²) >= 11 is 1.39. The van der Waals surface area contributed by atoms with Gasteiger partial charge in [-0.25, -0.2) is 4.98 Å². The number of thiazole rings is 1. The Balaban J connectivity index is 1.74. The molecule has 3 amide bonds. The molecular formula is C21H26N4O3S. The maximum Gasteiger partial charge on any atom is 0.267 e. The molecule has 0 radical (unpaired) electrons. The number of aromatic nitrogens is 1. The average Bonchev–Trinajstić information content (AvgIpc) is 3.08. The minimum atomic E-state index is -0.313. The van der Waals surface area contributed by atoms with Crippen molar-refractivity contribution in [2.24, 2.45) is 11.7 Å². The SMILES string of the molecule is CCCc1nc(C)c(C(=O)Nc2ccccc2C(=O)N2CCC(C(N)=O)CC2)s1. The first kappa shape index (κ1) is 21.0. The predicted molar refractivity (Wildman–Crippen MR) is 113 cm³/mol. The van der Waals surface area contributed by atoms with Crippen molar-refractivity contribution in [2.45, 2.75) is 39.5 Å². The van der Waals surface area contributed by atoms with Crippen molar-refractivity contribution in [3.05, 3.63) is 45.4 Å². The van der Waals surface area contributed by atoms with Gasteiger partial charge in [-0.1, -0.05) is 19.1 Å². The third-order valence-electron chi connectivity index (χ3n) is 5.10. The highest BCUT2D eigenvalue weighted by molar-refractivity contribution is 7.13. The Morgan fingerprint density at radius 1 is 1.24 bits per heavy atom. The maximum atomic E-state index is 13.0. The Bertz CT molecular complexity index is 916. The van der Waals surface area contributed by atoms with E-state index in [1.54, 1.807) is 29.2 Å². The number of nitrogens with zero attached hydrogens (tertiary/aromatic N) is 2. The second-order valence-electron chi connectivity index (χ2n) is 7.24. The zero-order valence-corrected chi connectivity index (χ0v) is 17.6. The van der Waals surface area contributed by atoms with Gasteiger partial charge in [0.2, 0.25) is 5.91 Å². The summed E-state index contributed by atoms with van der Waals surface area (Å²) in [4.78, 5) is 43.9. The topological polar surface area (TPSA) is 105 Å². The fourth-order valence-corrected chi connectivity index (χ4v) is 4.54. The van der Waals surface area contributed by atoms with E-state index in [9.17, 15) is 14.4 Å². The van der Waals surface area contributed by atoms with Crippen LogP contribution in [0.2, 0.25) is 0 Å². The second kappa shape index (κ2) is 9.17. The Kier molecular flexibility index (Phi) is 6.64. The average molecular weight is 415 g/mol. The van der Waals surface area contributed by atoms with Crippen LogP contribution in [0.4, 0.5) is 5.69 Å². The van der Waals surface area contributed by atoms with Crippen molar-refractivity contribution < 1.29 is 14.4 Å². The zero-order chi connectivity index (χ0) is 21.0. The molecule has 8 heteroatoms. The van der Waals surface area contributed by atoms with Gasteiger partial charge >= 0.3 is 0 Å². The van der Waals surface area contributed by atoms with E-state index in [2.05, 4.69) is 17.2 Å². The van der Waals surface area contributed by atoms with Crippen LogP contribution in [0, 0.1) is 12.8 Å². The number of carbonyl (C=O) groups is 3. The first-order chi connectivity index (χ1) is 13.9. The molecule has 3 N–H and O–H groups in total. The van der Waals surface area contributed by atoms with Crippen LogP contribution in [-0.2, 0) is 11.2 Å². The summed E-state index contributed by atoms with van der Waals surface area (Å²) < 4.78 is 0. The number of nitrogens with two attached hydrogens (primary N) is 1. The maximum absolute atomic E-state index is 13.0. The molecule has 7 nitrogen and oxygen atoms in total. The van der Waals surface area contributed by atoms with E-state index in [4.69, 9.17) is 5.73 Å². The van der Waals surface area contributed by atoms with Crippen molar-refractivity contribution in [1.29, 1.82) is 0 Å². The Hall–Kier alpha value is -2.74.